The van der Waals surface area contributed by atoms with E-state index in [0.29, 0.717) is 11.4 Å². The fourth-order valence-electron chi connectivity index (χ4n) is 1.39. The number of carboxylic acid groups (broad SMARTS) is 1. The van der Waals surface area contributed by atoms with Crippen molar-refractivity contribution < 1.29 is 9.90 Å². The number of thiophene rings is 1. The van der Waals surface area contributed by atoms with E-state index in [1.165, 1.54) is 11.3 Å². The van der Waals surface area contributed by atoms with Crippen molar-refractivity contribution in [2.45, 2.75) is 13.0 Å². The first-order valence-electron chi connectivity index (χ1n) is 4.96. The molecular formula is C11H11N3O2S. The molecule has 0 saturated carbocycles. The summed E-state index contributed by atoms with van der Waals surface area (Å²) in [6, 6.07) is 4.45. The van der Waals surface area contributed by atoms with Crippen molar-refractivity contribution in [2.75, 3.05) is 0 Å². The molecule has 1 unspecified atom stereocenters. The van der Waals surface area contributed by atoms with Gasteiger partial charge in [0.1, 0.15) is 0 Å². The number of hydrogen-bond acceptors (Lipinski definition) is 5. The maximum Gasteiger partial charge on any atom is 0.328 e. The van der Waals surface area contributed by atoms with Gasteiger partial charge in [0, 0.05) is 5.69 Å². The lowest BCUT2D eigenvalue weighted by Gasteiger charge is -2.07. The highest BCUT2D eigenvalue weighted by Crippen LogP contribution is 2.23. The van der Waals surface area contributed by atoms with Gasteiger partial charge in [0.15, 0.2) is 11.9 Å². The third kappa shape index (κ3) is 2.48. The van der Waals surface area contributed by atoms with E-state index in [-0.39, 0.29) is 5.82 Å². The lowest BCUT2D eigenvalue weighted by atomic mass is 10.2. The van der Waals surface area contributed by atoms with Gasteiger partial charge in [-0.1, -0.05) is 6.07 Å². The van der Waals surface area contributed by atoms with Gasteiger partial charge in [-0.15, -0.1) is 11.3 Å². The predicted molar refractivity (Wildman–Crippen MR) is 64.6 cm³/mol. The Kier molecular flexibility index (Phi) is 3.16. The monoisotopic (exact) mass is 249 g/mol. The van der Waals surface area contributed by atoms with Crippen LogP contribution in [0.2, 0.25) is 0 Å². The summed E-state index contributed by atoms with van der Waals surface area (Å²) in [6.07, 6.45) is 0. The van der Waals surface area contributed by atoms with E-state index in [1.807, 2.05) is 23.6 Å². The first kappa shape index (κ1) is 11.7. The molecule has 0 aliphatic carbocycles. The minimum atomic E-state index is -1.19. The van der Waals surface area contributed by atoms with Crippen LogP contribution >= 0.6 is 11.3 Å². The van der Waals surface area contributed by atoms with Gasteiger partial charge >= 0.3 is 5.97 Å². The standard InChI is InChI=1S/C11H11N3O2S/c1-6-5-7(8-3-2-4-17-8)14-10(13-6)9(12)11(15)16/h2-5,9H,12H2,1H3,(H,15,16). The molecule has 1 atom stereocenters. The Balaban J connectivity index is 2.46. The Morgan fingerprint density at radius 3 is 2.88 bits per heavy atom. The molecule has 0 saturated heterocycles. The van der Waals surface area contributed by atoms with Gasteiger partial charge in [-0.3, -0.25) is 4.79 Å². The zero-order valence-electron chi connectivity index (χ0n) is 9.12. The summed E-state index contributed by atoms with van der Waals surface area (Å²) in [7, 11) is 0. The third-order valence-electron chi connectivity index (χ3n) is 2.19. The van der Waals surface area contributed by atoms with Crippen LogP contribution in [0.15, 0.2) is 23.6 Å². The summed E-state index contributed by atoms with van der Waals surface area (Å²) in [6.45, 7) is 1.79. The van der Waals surface area contributed by atoms with Crippen LogP contribution in [0.3, 0.4) is 0 Å². The number of nitrogens with zero attached hydrogens (tertiary/aromatic N) is 2. The lowest BCUT2D eigenvalue weighted by molar-refractivity contribution is -0.138. The highest BCUT2D eigenvalue weighted by Gasteiger charge is 2.18. The third-order valence-corrected chi connectivity index (χ3v) is 3.08. The molecule has 0 aliphatic rings. The second-order valence-electron chi connectivity index (χ2n) is 3.55. The van der Waals surface area contributed by atoms with Crippen LogP contribution in [0.5, 0.6) is 0 Å². The van der Waals surface area contributed by atoms with Crippen LogP contribution in [0, 0.1) is 6.92 Å². The quantitative estimate of drug-likeness (QED) is 0.862. The van der Waals surface area contributed by atoms with E-state index in [9.17, 15) is 4.79 Å². The first-order chi connectivity index (χ1) is 8.08. The van der Waals surface area contributed by atoms with Crippen LogP contribution in [0.4, 0.5) is 0 Å². The molecule has 2 heterocycles. The average molecular weight is 249 g/mol. The largest absolute Gasteiger partial charge is 0.480 e. The van der Waals surface area contributed by atoms with Crippen LogP contribution in [-0.2, 0) is 4.79 Å². The van der Waals surface area contributed by atoms with Crippen molar-refractivity contribution in [1.29, 1.82) is 0 Å². The molecule has 0 aliphatic heterocycles. The molecule has 3 N–H and O–H groups in total. The Hall–Kier alpha value is -1.79. The maximum absolute atomic E-state index is 10.8. The van der Waals surface area contributed by atoms with E-state index in [0.717, 1.165) is 4.88 Å². The smallest absolute Gasteiger partial charge is 0.328 e. The molecule has 0 spiro atoms. The van der Waals surface area contributed by atoms with E-state index in [2.05, 4.69) is 9.97 Å². The number of aliphatic carboxylic acids is 1. The van der Waals surface area contributed by atoms with Gasteiger partial charge < -0.3 is 10.8 Å². The predicted octanol–water partition coefficient (Wildman–Crippen LogP) is 1.60. The van der Waals surface area contributed by atoms with Gasteiger partial charge in [0.05, 0.1) is 10.6 Å². The number of rotatable bonds is 3. The first-order valence-corrected chi connectivity index (χ1v) is 5.84. The molecule has 0 radical (unpaired) electrons. The summed E-state index contributed by atoms with van der Waals surface area (Å²) >= 11 is 1.54. The summed E-state index contributed by atoms with van der Waals surface area (Å²) < 4.78 is 0. The molecule has 0 aromatic carbocycles. The molecule has 5 nitrogen and oxygen atoms in total. The molecule has 2 aromatic rings. The SMILES string of the molecule is Cc1cc(-c2cccs2)nc(C(N)C(=O)O)n1. The molecule has 0 bridgehead atoms. The lowest BCUT2D eigenvalue weighted by Crippen LogP contribution is -2.23. The molecule has 0 fully saturated rings. The van der Waals surface area contributed by atoms with E-state index >= 15 is 0 Å². The number of aryl methyl sites for hydroxylation is 1. The molecule has 88 valence electrons. The van der Waals surface area contributed by atoms with E-state index in [4.69, 9.17) is 10.8 Å². The second kappa shape index (κ2) is 4.60. The topological polar surface area (TPSA) is 89.1 Å². The Labute approximate surface area is 102 Å². The number of carboxylic acids is 1. The van der Waals surface area contributed by atoms with Gasteiger partial charge in [-0.05, 0) is 24.4 Å². The average Bonchev–Trinajstić information content (AvgIpc) is 2.80. The number of aromatic nitrogens is 2. The highest BCUT2D eigenvalue weighted by atomic mass is 32.1. The second-order valence-corrected chi connectivity index (χ2v) is 4.49. The van der Waals surface area contributed by atoms with Crippen molar-refractivity contribution in [2.24, 2.45) is 5.73 Å². The Morgan fingerprint density at radius 1 is 1.53 bits per heavy atom. The molecule has 0 amide bonds. The van der Waals surface area contributed by atoms with Crippen molar-refractivity contribution >= 4 is 17.3 Å². The van der Waals surface area contributed by atoms with Crippen LogP contribution in [0.25, 0.3) is 10.6 Å². The fraction of sp³-hybridized carbons (Fsp3) is 0.182. The zero-order chi connectivity index (χ0) is 12.4. The summed E-state index contributed by atoms with van der Waals surface area (Å²) in [5.41, 5.74) is 6.92. The normalized spacial score (nSPS) is 12.4. The molecule has 2 aromatic heterocycles. The van der Waals surface area contributed by atoms with Crippen molar-refractivity contribution in [3.05, 3.63) is 35.1 Å². The van der Waals surface area contributed by atoms with Crippen LogP contribution in [0.1, 0.15) is 17.6 Å². The minimum absolute atomic E-state index is 0.140. The summed E-state index contributed by atoms with van der Waals surface area (Å²) in [5.74, 6) is -0.992. The maximum atomic E-state index is 10.8. The van der Waals surface area contributed by atoms with Crippen molar-refractivity contribution in [3.63, 3.8) is 0 Å². The van der Waals surface area contributed by atoms with Gasteiger partial charge in [0.2, 0.25) is 0 Å². The summed E-state index contributed by atoms with van der Waals surface area (Å²) in [5, 5.41) is 10.8. The van der Waals surface area contributed by atoms with Crippen LogP contribution in [-0.4, -0.2) is 21.0 Å². The van der Waals surface area contributed by atoms with E-state index in [1.54, 1.807) is 6.92 Å². The van der Waals surface area contributed by atoms with Gasteiger partial charge in [-0.2, -0.15) is 0 Å². The van der Waals surface area contributed by atoms with Gasteiger partial charge in [0.25, 0.3) is 0 Å². The molecule has 6 heteroatoms. The molecule has 2 rings (SSSR count). The molecular weight excluding hydrogens is 238 g/mol. The number of hydrogen-bond donors (Lipinski definition) is 2. The molecule has 17 heavy (non-hydrogen) atoms. The highest BCUT2D eigenvalue weighted by molar-refractivity contribution is 7.13. The van der Waals surface area contributed by atoms with Crippen LogP contribution < -0.4 is 5.73 Å². The Bertz CT molecular complexity index is 540. The zero-order valence-corrected chi connectivity index (χ0v) is 9.94. The van der Waals surface area contributed by atoms with E-state index < -0.39 is 12.0 Å². The van der Waals surface area contributed by atoms with Gasteiger partial charge in [-0.25, -0.2) is 9.97 Å². The minimum Gasteiger partial charge on any atom is -0.480 e. The van der Waals surface area contributed by atoms with Crippen molar-refractivity contribution in [3.8, 4) is 10.6 Å². The Morgan fingerprint density at radius 2 is 2.29 bits per heavy atom. The number of nitrogens with two attached hydrogens (primary N) is 1. The number of carbonyl (C=O) groups is 1. The fourth-order valence-corrected chi connectivity index (χ4v) is 2.08. The van der Waals surface area contributed by atoms with Crippen molar-refractivity contribution in [1.82, 2.24) is 9.97 Å². The summed E-state index contributed by atoms with van der Waals surface area (Å²) in [4.78, 5) is 20.0.